The molecule has 30 heavy (non-hydrogen) atoms. The first-order valence-corrected chi connectivity index (χ1v) is 9.69. The van der Waals surface area contributed by atoms with Crippen LogP contribution in [-0.4, -0.2) is 59.7 Å². The van der Waals surface area contributed by atoms with E-state index in [4.69, 9.17) is 23.2 Å². The molecular weight excluding hydrogens is 449 g/mol. The third-order valence-electron chi connectivity index (χ3n) is 4.53. The lowest BCUT2D eigenvalue weighted by molar-refractivity contribution is -0.154. The Kier molecular flexibility index (Phi) is 7.05. The summed E-state index contributed by atoms with van der Waals surface area (Å²) in [5.74, 6) is -1.12. The number of carbonyl (C=O) groups is 1. The SMILES string of the molecule is O=C(c1cnc(OCC(F)(F)F)c(Cl)c1)N1CCN(Cc2c(F)cccc2Cl)CC1. The van der Waals surface area contributed by atoms with Crippen molar-refractivity contribution < 1.29 is 27.1 Å². The molecule has 0 saturated carbocycles. The Hall–Kier alpha value is -2.10. The van der Waals surface area contributed by atoms with Crippen LogP contribution >= 0.6 is 23.2 Å². The fourth-order valence-corrected chi connectivity index (χ4v) is 3.44. The van der Waals surface area contributed by atoms with Crippen LogP contribution < -0.4 is 4.74 Å². The van der Waals surface area contributed by atoms with Crippen LogP contribution in [0.3, 0.4) is 0 Å². The number of hydrogen-bond donors (Lipinski definition) is 0. The van der Waals surface area contributed by atoms with Crippen LogP contribution in [-0.2, 0) is 6.54 Å². The van der Waals surface area contributed by atoms with Gasteiger partial charge in [0.1, 0.15) is 10.8 Å². The summed E-state index contributed by atoms with van der Waals surface area (Å²) in [6.45, 7) is 0.575. The maximum Gasteiger partial charge on any atom is 0.422 e. The summed E-state index contributed by atoms with van der Waals surface area (Å²) in [7, 11) is 0. The second-order valence-electron chi connectivity index (χ2n) is 6.68. The van der Waals surface area contributed by atoms with Gasteiger partial charge in [0.2, 0.25) is 5.88 Å². The number of nitrogens with zero attached hydrogens (tertiary/aromatic N) is 3. The van der Waals surface area contributed by atoms with E-state index in [0.29, 0.717) is 43.3 Å². The zero-order valence-corrected chi connectivity index (χ0v) is 17.1. The van der Waals surface area contributed by atoms with Gasteiger partial charge in [0, 0.05) is 49.5 Å². The zero-order chi connectivity index (χ0) is 21.9. The summed E-state index contributed by atoms with van der Waals surface area (Å²) in [5, 5.41) is 0.167. The van der Waals surface area contributed by atoms with Gasteiger partial charge in [-0.25, -0.2) is 9.37 Å². The number of halogens is 6. The molecule has 2 heterocycles. The highest BCUT2D eigenvalue weighted by atomic mass is 35.5. The van der Waals surface area contributed by atoms with E-state index in [0.717, 1.165) is 6.20 Å². The monoisotopic (exact) mass is 465 g/mol. The van der Waals surface area contributed by atoms with Crippen LogP contribution in [0, 0.1) is 5.82 Å². The van der Waals surface area contributed by atoms with Gasteiger partial charge in [-0.3, -0.25) is 9.69 Å². The molecule has 1 aliphatic heterocycles. The van der Waals surface area contributed by atoms with E-state index in [1.54, 1.807) is 11.0 Å². The van der Waals surface area contributed by atoms with Crippen molar-refractivity contribution in [1.29, 1.82) is 0 Å². The minimum atomic E-state index is -4.52. The van der Waals surface area contributed by atoms with Gasteiger partial charge in [-0.2, -0.15) is 13.2 Å². The summed E-state index contributed by atoms with van der Waals surface area (Å²) in [5.41, 5.74) is 0.550. The number of piperazine rings is 1. The highest BCUT2D eigenvalue weighted by Gasteiger charge is 2.29. The Bertz CT molecular complexity index is 899. The average Bonchev–Trinajstić information content (AvgIpc) is 2.69. The Morgan fingerprint density at radius 3 is 2.43 bits per heavy atom. The molecule has 0 unspecified atom stereocenters. The third kappa shape index (κ3) is 5.74. The maximum absolute atomic E-state index is 14.0. The molecule has 0 radical (unpaired) electrons. The molecule has 0 aliphatic carbocycles. The van der Waals surface area contributed by atoms with Crippen LogP contribution in [0.4, 0.5) is 17.6 Å². The van der Waals surface area contributed by atoms with Crippen molar-refractivity contribution in [2.75, 3.05) is 32.8 Å². The third-order valence-corrected chi connectivity index (χ3v) is 5.15. The van der Waals surface area contributed by atoms with Crippen molar-refractivity contribution in [3.8, 4) is 5.88 Å². The second-order valence-corrected chi connectivity index (χ2v) is 7.50. The first-order valence-electron chi connectivity index (χ1n) is 8.93. The maximum atomic E-state index is 14.0. The summed E-state index contributed by atoms with van der Waals surface area (Å²) in [6, 6.07) is 5.74. The van der Waals surface area contributed by atoms with Crippen molar-refractivity contribution in [2.24, 2.45) is 0 Å². The predicted molar refractivity (Wildman–Crippen MR) is 103 cm³/mol. The van der Waals surface area contributed by atoms with E-state index < -0.39 is 18.7 Å². The van der Waals surface area contributed by atoms with Crippen molar-refractivity contribution in [3.63, 3.8) is 0 Å². The molecule has 0 atom stereocenters. The molecule has 2 aromatic rings. The molecule has 0 bridgehead atoms. The molecule has 1 aromatic carbocycles. The van der Waals surface area contributed by atoms with Gasteiger partial charge in [0.15, 0.2) is 6.61 Å². The highest BCUT2D eigenvalue weighted by Crippen LogP contribution is 2.26. The smallest absolute Gasteiger partial charge is 0.422 e. The lowest BCUT2D eigenvalue weighted by Gasteiger charge is -2.35. The highest BCUT2D eigenvalue weighted by molar-refractivity contribution is 6.32. The normalized spacial score (nSPS) is 15.3. The molecule has 1 aliphatic rings. The summed E-state index contributed by atoms with van der Waals surface area (Å²) >= 11 is 12.0. The van der Waals surface area contributed by atoms with Crippen LogP contribution in [0.15, 0.2) is 30.5 Å². The first-order chi connectivity index (χ1) is 14.1. The average molecular weight is 466 g/mol. The molecule has 5 nitrogen and oxygen atoms in total. The van der Waals surface area contributed by atoms with Gasteiger partial charge < -0.3 is 9.64 Å². The lowest BCUT2D eigenvalue weighted by atomic mass is 10.1. The number of carbonyl (C=O) groups excluding carboxylic acids is 1. The van der Waals surface area contributed by atoms with E-state index in [1.807, 2.05) is 4.90 Å². The fourth-order valence-electron chi connectivity index (χ4n) is 3.00. The largest absolute Gasteiger partial charge is 0.467 e. The Morgan fingerprint density at radius 1 is 1.13 bits per heavy atom. The van der Waals surface area contributed by atoms with Crippen LogP contribution in [0.5, 0.6) is 5.88 Å². The van der Waals surface area contributed by atoms with E-state index in [2.05, 4.69) is 9.72 Å². The van der Waals surface area contributed by atoms with Crippen LogP contribution in [0.2, 0.25) is 10.0 Å². The Balaban J connectivity index is 1.58. The van der Waals surface area contributed by atoms with Crippen molar-refractivity contribution >= 4 is 29.1 Å². The van der Waals surface area contributed by atoms with E-state index in [9.17, 15) is 22.4 Å². The predicted octanol–water partition coefficient (Wildman–Crippen LogP) is 4.43. The van der Waals surface area contributed by atoms with E-state index in [1.165, 1.54) is 18.2 Å². The molecule has 1 aromatic heterocycles. The number of amides is 1. The number of pyridine rings is 1. The number of ether oxygens (including phenoxy) is 1. The minimum absolute atomic E-state index is 0.143. The molecule has 11 heteroatoms. The van der Waals surface area contributed by atoms with Crippen molar-refractivity contribution in [1.82, 2.24) is 14.8 Å². The van der Waals surface area contributed by atoms with Crippen molar-refractivity contribution in [2.45, 2.75) is 12.7 Å². The van der Waals surface area contributed by atoms with Gasteiger partial charge in [0.05, 0.1) is 5.56 Å². The molecule has 1 amide bonds. The quantitative estimate of drug-likeness (QED) is 0.612. The number of aromatic nitrogens is 1. The number of alkyl halides is 3. The number of rotatable bonds is 5. The van der Waals surface area contributed by atoms with Gasteiger partial charge >= 0.3 is 6.18 Å². The minimum Gasteiger partial charge on any atom is -0.467 e. The zero-order valence-electron chi connectivity index (χ0n) is 15.6. The van der Waals surface area contributed by atoms with E-state index >= 15 is 0 Å². The molecule has 1 fully saturated rings. The molecule has 162 valence electrons. The summed E-state index contributed by atoms with van der Waals surface area (Å²) < 4.78 is 55.2. The lowest BCUT2D eigenvalue weighted by Crippen LogP contribution is -2.48. The molecule has 0 spiro atoms. The fraction of sp³-hybridized carbons (Fsp3) is 0.368. The van der Waals surface area contributed by atoms with Gasteiger partial charge in [-0.15, -0.1) is 0 Å². The van der Waals surface area contributed by atoms with Gasteiger partial charge in [-0.1, -0.05) is 29.3 Å². The number of hydrogen-bond acceptors (Lipinski definition) is 4. The Morgan fingerprint density at radius 2 is 1.83 bits per heavy atom. The van der Waals surface area contributed by atoms with Crippen molar-refractivity contribution in [3.05, 3.63) is 57.5 Å². The topological polar surface area (TPSA) is 45.7 Å². The molecular formula is C19H17Cl2F4N3O2. The molecule has 3 rings (SSSR count). The summed E-state index contributed by atoms with van der Waals surface area (Å²) in [6.07, 6.45) is -3.39. The van der Waals surface area contributed by atoms with E-state index in [-0.39, 0.29) is 22.3 Å². The summed E-state index contributed by atoms with van der Waals surface area (Å²) in [4.78, 5) is 19.9. The molecule has 1 saturated heterocycles. The second kappa shape index (κ2) is 9.36. The van der Waals surface area contributed by atoms with Crippen LogP contribution in [0.1, 0.15) is 15.9 Å². The standard InChI is InChI=1S/C19H17Cl2F4N3O2/c20-14-2-1-3-16(22)13(14)10-27-4-6-28(7-5-27)18(29)12-8-15(21)17(26-9-12)30-11-19(23,24)25/h1-3,8-9H,4-7,10-11H2. The molecule has 0 N–H and O–H groups in total. The number of benzene rings is 1. The van der Waals surface area contributed by atoms with Gasteiger partial charge in [-0.05, 0) is 18.2 Å². The van der Waals surface area contributed by atoms with Crippen LogP contribution in [0.25, 0.3) is 0 Å². The Labute approximate surface area is 180 Å². The first kappa shape index (κ1) is 22.6. The van der Waals surface area contributed by atoms with Gasteiger partial charge in [0.25, 0.3) is 5.91 Å².